The topological polar surface area (TPSA) is 209 Å². The van der Waals surface area contributed by atoms with Crippen molar-refractivity contribution in [3.05, 3.63) is 77.0 Å². The van der Waals surface area contributed by atoms with Crippen LogP contribution in [-0.4, -0.2) is 50.6 Å². The molecule has 1 aliphatic heterocycles. The molecule has 35 heavy (non-hydrogen) atoms. The number of hydrogen-bond donors (Lipinski definition) is 8. The molecular weight excluding hydrogens is 463 g/mol. The Labute approximate surface area is 197 Å². The molecule has 0 unspecified atom stereocenters. The monoisotopic (exact) mass is 482 g/mol. The second-order valence-electron chi connectivity index (χ2n) is 6.79. The molecule has 0 spiro atoms. The van der Waals surface area contributed by atoms with Crippen LogP contribution in [0, 0.1) is 22.6 Å². The van der Waals surface area contributed by atoms with Gasteiger partial charge in [-0.05, 0) is 18.2 Å². The number of pyridine rings is 2. The van der Waals surface area contributed by atoms with Crippen molar-refractivity contribution in [3.63, 3.8) is 0 Å². The summed E-state index contributed by atoms with van der Waals surface area (Å²) in [6.07, 6.45) is 2.39. The van der Waals surface area contributed by atoms with Crippen molar-refractivity contribution in [2.24, 2.45) is 0 Å². The van der Waals surface area contributed by atoms with Crippen LogP contribution in [0.1, 0.15) is 10.4 Å². The van der Waals surface area contributed by atoms with Crippen LogP contribution < -0.4 is 21.3 Å². The first-order chi connectivity index (χ1) is 16.6. The molecule has 0 radical (unpaired) electrons. The van der Waals surface area contributed by atoms with Gasteiger partial charge in [0.1, 0.15) is 29.2 Å². The first-order valence-electron chi connectivity index (χ1n) is 9.67. The van der Waals surface area contributed by atoms with Crippen LogP contribution in [0.3, 0.4) is 0 Å². The third-order valence-electron chi connectivity index (χ3n) is 4.37. The standard InChI is InChI=1S/C21H19FN8O5/c1-35-19-14(4-5-25-18(19)11(7-23)8-24)28-15-6-17(29-16-3-2-12(22)9-26-16)27-10-13(15)20(31)30-21(32,33)34/h2-7,9-10,23,25,32-34H,1H3,(H,30,31)(H2,26,27,28,29)/b18-11+,23-7?. The molecule has 0 atom stereocenters. The highest BCUT2D eigenvalue weighted by atomic mass is 19.1. The maximum absolute atomic E-state index is 13.1. The van der Waals surface area contributed by atoms with Gasteiger partial charge in [-0.2, -0.15) is 5.26 Å². The lowest BCUT2D eigenvalue weighted by Gasteiger charge is -2.22. The molecule has 14 heteroatoms. The number of allylic oxidation sites excluding steroid dienone is 2. The van der Waals surface area contributed by atoms with Crippen molar-refractivity contribution >= 4 is 29.4 Å². The second kappa shape index (κ2) is 10.4. The fourth-order valence-corrected chi connectivity index (χ4v) is 2.91. The van der Waals surface area contributed by atoms with Crippen LogP contribution >= 0.6 is 0 Å². The zero-order valence-corrected chi connectivity index (χ0v) is 18.0. The van der Waals surface area contributed by atoms with Crippen LogP contribution in [0.5, 0.6) is 0 Å². The number of carbonyl (C=O) groups is 1. The van der Waals surface area contributed by atoms with Gasteiger partial charge in [0, 0.05) is 24.7 Å². The Kier molecular flexibility index (Phi) is 7.37. The molecule has 8 N–H and O–H groups in total. The number of carbonyl (C=O) groups excluding carboxylic acids is 1. The van der Waals surface area contributed by atoms with Gasteiger partial charge in [0.15, 0.2) is 5.76 Å². The predicted octanol–water partition coefficient (Wildman–Crippen LogP) is 0.491. The quantitative estimate of drug-likeness (QED) is 0.147. The molecule has 3 rings (SSSR count). The number of aliphatic hydroxyl groups is 3. The van der Waals surface area contributed by atoms with Crippen LogP contribution in [-0.2, 0) is 4.74 Å². The minimum Gasteiger partial charge on any atom is -0.492 e. The van der Waals surface area contributed by atoms with E-state index in [1.165, 1.54) is 37.6 Å². The van der Waals surface area contributed by atoms with Gasteiger partial charge in [-0.1, -0.05) is 0 Å². The van der Waals surface area contributed by atoms with E-state index in [1.54, 1.807) is 5.32 Å². The van der Waals surface area contributed by atoms with E-state index < -0.39 is 17.8 Å². The Morgan fingerprint density at radius 1 is 1.26 bits per heavy atom. The molecule has 0 bridgehead atoms. The van der Waals surface area contributed by atoms with Crippen LogP contribution in [0.4, 0.5) is 21.7 Å². The summed E-state index contributed by atoms with van der Waals surface area (Å²) >= 11 is 0. The van der Waals surface area contributed by atoms with Gasteiger partial charge in [0.2, 0.25) is 0 Å². The van der Waals surface area contributed by atoms with Gasteiger partial charge >= 0.3 is 6.10 Å². The molecule has 13 nitrogen and oxygen atoms in total. The van der Waals surface area contributed by atoms with Crippen molar-refractivity contribution < 1.29 is 29.2 Å². The molecule has 180 valence electrons. The van der Waals surface area contributed by atoms with Crippen LogP contribution in [0.15, 0.2) is 65.6 Å². The molecule has 3 heterocycles. The molecule has 0 aromatic carbocycles. The Hall–Kier alpha value is -4.84. The van der Waals surface area contributed by atoms with Gasteiger partial charge in [0.05, 0.1) is 35.8 Å². The van der Waals surface area contributed by atoms with Crippen molar-refractivity contribution in [2.75, 3.05) is 17.7 Å². The largest absolute Gasteiger partial charge is 0.492 e. The van der Waals surface area contributed by atoms with E-state index in [1.807, 2.05) is 6.07 Å². The normalized spacial score (nSPS) is 14.4. The fourth-order valence-electron chi connectivity index (χ4n) is 2.91. The zero-order chi connectivity index (χ0) is 25.6. The summed E-state index contributed by atoms with van der Waals surface area (Å²) in [5.74, 6) is -1.11. The van der Waals surface area contributed by atoms with Crippen molar-refractivity contribution in [1.82, 2.24) is 20.6 Å². The number of hydrogen-bond acceptors (Lipinski definition) is 12. The minimum absolute atomic E-state index is 0.0337. The Morgan fingerprint density at radius 3 is 2.60 bits per heavy atom. The maximum Gasteiger partial charge on any atom is 0.369 e. The summed E-state index contributed by atoms with van der Waals surface area (Å²) < 4.78 is 18.5. The first kappa shape index (κ1) is 24.8. The maximum atomic E-state index is 13.1. The van der Waals surface area contributed by atoms with E-state index in [9.17, 15) is 14.4 Å². The number of ether oxygens (including phenoxy) is 1. The lowest BCUT2D eigenvalue weighted by Crippen LogP contribution is -2.48. The van der Waals surface area contributed by atoms with E-state index in [0.717, 1.165) is 18.6 Å². The first-order valence-corrected chi connectivity index (χ1v) is 9.67. The fraction of sp³-hybridized carbons (Fsp3) is 0.0952. The minimum atomic E-state index is -3.49. The number of nitrogens with zero attached hydrogens (tertiary/aromatic N) is 3. The van der Waals surface area contributed by atoms with Crippen LogP contribution in [0.25, 0.3) is 0 Å². The third kappa shape index (κ3) is 6.15. The molecule has 1 aliphatic rings. The van der Waals surface area contributed by atoms with E-state index in [0.29, 0.717) is 0 Å². The van der Waals surface area contributed by atoms with Crippen molar-refractivity contribution in [1.29, 1.82) is 10.7 Å². The number of nitriles is 1. The van der Waals surface area contributed by atoms with E-state index in [4.69, 9.17) is 25.5 Å². The molecular formula is C21H19FN8O5. The SMILES string of the molecule is COC1=C(Nc2cc(Nc3ccc(F)cn3)ncc2C(=O)NC(O)(O)O)C=CN/C1=C(/C#N)C=N. The van der Waals surface area contributed by atoms with E-state index >= 15 is 0 Å². The Morgan fingerprint density at radius 2 is 2.00 bits per heavy atom. The molecule has 0 saturated heterocycles. The summed E-state index contributed by atoms with van der Waals surface area (Å²) in [6.45, 7) is 0. The highest BCUT2D eigenvalue weighted by molar-refractivity contribution is 6.00. The van der Waals surface area contributed by atoms with Crippen LogP contribution in [0.2, 0.25) is 0 Å². The molecule has 2 aromatic rings. The molecule has 0 aliphatic carbocycles. The van der Waals surface area contributed by atoms with Crippen molar-refractivity contribution in [3.8, 4) is 6.07 Å². The molecule has 0 fully saturated rings. The highest BCUT2D eigenvalue weighted by Gasteiger charge is 2.26. The smallest absolute Gasteiger partial charge is 0.369 e. The van der Waals surface area contributed by atoms with Gasteiger partial charge in [0.25, 0.3) is 5.91 Å². The number of aromatic nitrogens is 2. The van der Waals surface area contributed by atoms with Crippen molar-refractivity contribution in [2.45, 2.75) is 6.10 Å². The predicted molar refractivity (Wildman–Crippen MR) is 120 cm³/mol. The average molecular weight is 482 g/mol. The summed E-state index contributed by atoms with van der Waals surface area (Å²) in [5.41, 5.74) is 0.232. The summed E-state index contributed by atoms with van der Waals surface area (Å²) in [7, 11) is 1.34. The number of anilines is 3. The van der Waals surface area contributed by atoms with E-state index in [2.05, 4.69) is 25.9 Å². The van der Waals surface area contributed by atoms with Gasteiger partial charge in [-0.25, -0.2) is 14.4 Å². The lowest BCUT2D eigenvalue weighted by molar-refractivity contribution is -0.323. The number of dihydropyridines is 1. The number of rotatable bonds is 8. The number of amides is 1. The number of halogens is 1. The zero-order valence-electron chi connectivity index (χ0n) is 18.0. The number of nitrogens with one attached hydrogen (secondary N) is 5. The highest BCUT2D eigenvalue weighted by Crippen LogP contribution is 2.27. The summed E-state index contributed by atoms with van der Waals surface area (Å²) in [4.78, 5) is 20.5. The average Bonchev–Trinajstić information content (AvgIpc) is 2.80. The molecule has 0 saturated carbocycles. The molecule has 1 amide bonds. The Balaban J connectivity index is 2.07. The lowest BCUT2D eigenvalue weighted by atomic mass is 10.1. The molecule has 2 aromatic heterocycles. The second-order valence-corrected chi connectivity index (χ2v) is 6.79. The Bertz CT molecular complexity index is 1280. The van der Waals surface area contributed by atoms with E-state index in [-0.39, 0.29) is 45.6 Å². The summed E-state index contributed by atoms with van der Waals surface area (Å²) in [6, 6.07) is 5.76. The van der Waals surface area contributed by atoms with Gasteiger partial charge < -0.3 is 41.4 Å². The third-order valence-corrected chi connectivity index (χ3v) is 4.37. The summed E-state index contributed by atoms with van der Waals surface area (Å²) in [5, 5.41) is 54.3. The number of methoxy groups -OCH3 is 1. The van der Waals surface area contributed by atoms with Gasteiger partial charge in [-0.15, -0.1) is 0 Å². The van der Waals surface area contributed by atoms with Gasteiger partial charge in [-0.3, -0.25) is 10.1 Å².